The first-order chi connectivity index (χ1) is 13.2. The van der Waals surface area contributed by atoms with Crippen LogP contribution in [0.5, 0.6) is 0 Å². The van der Waals surface area contributed by atoms with Crippen LogP contribution in [0.15, 0.2) is 24.3 Å². The number of nitrogens with zero attached hydrogens (tertiary/aromatic N) is 2. The zero-order chi connectivity index (χ0) is 21.1. The maximum Gasteiger partial charge on any atom is 0.333 e. The minimum atomic E-state index is -0.501. The number of piperazine rings is 1. The Hall–Kier alpha value is -2.64. The number of unbranched alkanes of at least 4 members (excludes halogenated alkanes) is 2. The third kappa shape index (κ3) is 7.94. The fourth-order valence-corrected chi connectivity index (χ4v) is 2.53. The molecule has 1 rings (SSSR count). The van der Waals surface area contributed by atoms with Gasteiger partial charge in [0.05, 0.1) is 13.2 Å². The van der Waals surface area contributed by atoms with E-state index in [1.165, 1.54) is 9.80 Å². The fourth-order valence-electron chi connectivity index (χ4n) is 2.53. The maximum absolute atomic E-state index is 12.2. The fraction of sp³-hybridized carbons (Fsp3) is 0.600. The molecule has 0 bridgehead atoms. The Kier molecular flexibility index (Phi) is 9.98. The minimum Gasteiger partial charge on any atom is -0.462 e. The Balaban J connectivity index is 2.21. The molecule has 0 atom stereocenters. The smallest absolute Gasteiger partial charge is 0.333 e. The van der Waals surface area contributed by atoms with Crippen molar-refractivity contribution in [2.24, 2.45) is 0 Å². The van der Waals surface area contributed by atoms with Crippen LogP contribution < -0.4 is 0 Å². The van der Waals surface area contributed by atoms with Gasteiger partial charge in [0.2, 0.25) is 0 Å². The molecule has 0 unspecified atom stereocenters. The Morgan fingerprint density at radius 2 is 1.14 bits per heavy atom. The highest BCUT2D eigenvalue weighted by molar-refractivity contribution is 6.35. The van der Waals surface area contributed by atoms with Crippen LogP contribution in [0.1, 0.15) is 39.5 Å². The number of rotatable bonds is 12. The second-order valence-electron chi connectivity index (χ2n) is 6.83. The number of carbonyl (C=O) groups is 4. The summed E-state index contributed by atoms with van der Waals surface area (Å²) in [6.07, 6.45) is 2.53. The van der Waals surface area contributed by atoms with E-state index >= 15 is 0 Å². The van der Waals surface area contributed by atoms with Crippen LogP contribution in [-0.2, 0) is 28.7 Å². The molecule has 0 aromatic heterocycles. The SMILES string of the molecule is C=C(C)C(=O)OCCCCN1CCN(CCCCOC(=O)C(=C)C)C(=O)C1=O. The van der Waals surface area contributed by atoms with Crippen LogP contribution in [0.4, 0.5) is 0 Å². The molecule has 1 fully saturated rings. The van der Waals surface area contributed by atoms with Gasteiger partial charge in [0, 0.05) is 37.3 Å². The van der Waals surface area contributed by atoms with Crippen molar-refractivity contribution in [2.45, 2.75) is 39.5 Å². The summed E-state index contributed by atoms with van der Waals surface area (Å²) in [6.45, 7) is 12.6. The van der Waals surface area contributed by atoms with E-state index in [1.807, 2.05) is 0 Å². The average Bonchev–Trinajstić information content (AvgIpc) is 2.65. The largest absolute Gasteiger partial charge is 0.462 e. The Bertz CT molecular complexity index is 574. The summed E-state index contributed by atoms with van der Waals surface area (Å²) in [7, 11) is 0. The van der Waals surface area contributed by atoms with Gasteiger partial charge in [-0.25, -0.2) is 9.59 Å². The predicted octanol–water partition coefficient (Wildman–Crippen LogP) is 1.46. The van der Waals surface area contributed by atoms with Crippen LogP contribution in [-0.4, -0.2) is 72.9 Å². The highest BCUT2D eigenvalue weighted by Crippen LogP contribution is 2.09. The number of amides is 2. The monoisotopic (exact) mass is 394 g/mol. The number of hydrogen-bond acceptors (Lipinski definition) is 6. The van der Waals surface area contributed by atoms with Crippen LogP contribution in [0.3, 0.4) is 0 Å². The first kappa shape index (κ1) is 23.4. The van der Waals surface area contributed by atoms with Crippen molar-refractivity contribution in [1.29, 1.82) is 0 Å². The van der Waals surface area contributed by atoms with Crippen LogP contribution >= 0.6 is 0 Å². The summed E-state index contributed by atoms with van der Waals surface area (Å²) in [5, 5.41) is 0. The molecule has 0 aromatic carbocycles. The molecule has 1 saturated heterocycles. The third-order valence-corrected chi connectivity index (χ3v) is 4.21. The van der Waals surface area contributed by atoms with Gasteiger partial charge in [0.1, 0.15) is 0 Å². The van der Waals surface area contributed by atoms with E-state index < -0.39 is 23.8 Å². The number of esters is 2. The molecule has 1 aliphatic rings. The third-order valence-electron chi connectivity index (χ3n) is 4.21. The van der Waals surface area contributed by atoms with Crippen LogP contribution in [0.2, 0.25) is 0 Å². The van der Waals surface area contributed by atoms with E-state index in [0.29, 0.717) is 63.0 Å². The van der Waals surface area contributed by atoms with E-state index in [4.69, 9.17) is 9.47 Å². The lowest BCUT2D eigenvalue weighted by Gasteiger charge is -2.33. The van der Waals surface area contributed by atoms with E-state index in [0.717, 1.165) is 0 Å². The van der Waals surface area contributed by atoms with Crippen molar-refractivity contribution in [3.05, 3.63) is 24.3 Å². The van der Waals surface area contributed by atoms with Crippen molar-refractivity contribution in [3.63, 3.8) is 0 Å². The highest BCUT2D eigenvalue weighted by atomic mass is 16.5. The minimum absolute atomic E-state index is 0.268. The average molecular weight is 394 g/mol. The second kappa shape index (κ2) is 11.9. The molecule has 8 heteroatoms. The molecule has 0 N–H and O–H groups in total. The van der Waals surface area contributed by atoms with Gasteiger partial charge in [-0.1, -0.05) is 13.2 Å². The summed E-state index contributed by atoms with van der Waals surface area (Å²) in [5.74, 6) is -1.85. The predicted molar refractivity (Wildman–Crippen MR) is 103 cm³/mol. The first-order valence-electron chi connectivity index (χ1n) is 9.47. The van der Waals surface area contributed by atoms with Gasteiger partial charge >= 0.3 is 23.8 Å². The molecule has 0 saturated carbocycles. The van der Waals surface area contributed by atoms with E-state index in [1.54, 1.807) is 13.8 Å². The van der Waals surface area contributed by atoms with Gasteiger partial charge in [-0.15, -0.1) is 0 Å². The topological polar surface area (TPSA) is 93.2 Å². The molecule has 28 heavy (non-hydrogen) atoms. The van der Waals surface area contributed by atoms with Crippen LogP contribution in [0, 0.1) is 0 Å². The maximum atomic E-state index is 12.2. The van der Waals surface area contributed by atoms with Gasteiger partial charge in [0.25, 0.3) is 0 Å². The van der Waals surface area contributed by atoms with E-state index in [9.17, 15) is 19.2 Å². The van der Waals surface area contributed by atoms with E-state index in [2.05, 4.69) is 13.2 Å². The van der Waals surface area contributed by atoms with Gasteiger partial charge in [-0.05, 0) is 39.5 Å². The van der Waals surface area contributed by atoms with Crippen molar-refractivity contribution >= 4 is 23.8 Å². The summed E-state index contributed by atoms with van der Waals surface area (Å²) >= 11 is 0. The molecule has 2 amide bonds. The molecule has 8 nitrogen and oxygen atoms in total. The molecule has 0 spiro atoms. The number of hydrogen-bond donors (Lipinski definition) is 0. The lowest BCUT2D eigenvalue weighted by molar-refractivity contribution is -0.156. The first-order valence-corrected chi connectivity index (χ1v) is 9.47. The molecule has 1 aliphatic heterocycles. The highest BCUT2D eigenvalue weighted by Gasteiger charge is 2.31. The molecule has 0 radical (unpaired) electrons. The van der Waals surface area contributed by atoms with Gasteiger partial charge < -0.3 is 19.3 Å². The summed E-state index contributed by atoms with van der Waals surface area (Å²) in [5.41, 5.74) is 0.705. The van der Waals surface area contributed by atoms with Crippen molar-refractivity contribution in [3.8, 4) is 0 Å². The lowest BCUT2D eigenvalue weighted by atomic mass is 10.2. The molecule has 0 aromatic rings. The van der Waals surface area contributed by atoms with Gasteiger partial charge in [0.15, 0.2) is 0 Å². The Morgan fingerprint density at radius 3 is 1.46 bits per heavy atom. The summed E-state index contributed by atoms with van der Waals surface area (Å²) < 4.78 is 9.99. The Morgan fingerprint density at radius 1 is 0.786 bits per heavy atom. The zero-order valence-electron chi connectivity index (χ0n) is 16.8. The standard InChI is InChI=1S/C20H30N2O6/c1-15(2)19(25)27-13-7-5-9-21-11-12-22(18(24)17(21)23)10-6-8-14-28-20(26)16(3)4/h1,3,5-14H2,2,4H3. The van der Waals surface area contributed by atoms with Gasteiger partial charge in [-0.2, -0.15) is 0 Å². The zero-order valence-corrected chi connectivity index (χ0v) is 16.8. The number of ether oxygens (including phenoxy) is 2. The molecule has 0 aliphatic carbocycles. The summed E-state index contributed by atoms with van der Waals surface area (Å²) in [6, 6.07) is 0. The summed E-state index contributed by atoms with van der Waals surface area (Å²) in [4.78, 5) is 50.0. The normalized spacial score (nSPS) is 14.1. The molecular weight excluding hydrogens is 364 g/mol. The molecule has 1 heterocycles. The number of carbonyl (C=O) groups excluding carboxylic acids is 4. The van der Waals surface area contributed by atoms with Crippen molar-refractivity contribution in [1.82, 2.24) is 9.80 Å². The Labute approximate surface area is 166 Å². The lowest BCUT2D eigenvalue weighted by Crippen LogP contribution is -2.54. The van der Waals surface area contributed by atoms with Crippen LogP contribution in [0.25, 0.3) is 0 Å². The quantitative estimate of drug-likeness (QED) is 0.215. The second-order valence-corrected chi connectivity index (χ2v) is 6.83. The van der Waals surface area contributed by atoms with Crippen molar-refractivity contribution in [2.75, 3.05) is 39.4 Å². The molecular formula is C20H30N2O6. The van der Waals surface area contributed by atoms with Gasteiger partial charge in [-0.3, -0.25) is 9.59 Å². The van der Waals surface area contributed by atoms with Crippen molar-refractivity contribution < 1.29 is 28.7 Å². The molecule has 156 valence electrons. The van der Waals surface area contributed by atoms with E-state index in [-0.39, 0.29) is 13.2 Å².